The fraction of sp³-hybridized carbons (Fsp3) is 0.462. The van der Waals surface area contributed by atoms with Gasteiger partial charge in [0.1, 0.15) is 17.3 Å². The number of nitrogens with one attached hydrogen (secondary N) is 1. The highest BCUT2D eigenvalue weighted by atomic mass is 19.1. The number of hydrogen-bond donors (Lipinski definition) is 2. The maximum absolute atomic E-state index is 13.2. The number of carbonyl (C=O) groups excluding carboxylic acids is 1. The monoisotopic (exact) mass is 288 g/mol. The average molecular weight is 288 g/mol. The van der Waals surface area contributed by atoms with Gasteiger partial charge in [0.05, 0.1) is 13.2 Å². The second-order valence-corrected chi connectivity index (χ2v) is 4.07. The Bertz CT molecular complexity index is 432. The Balaban J connectivity index is 2.33. The first-order valence-corrected chi connectivity index (χ1v) is 6.15. The average Bonchev–Trinajstić information content (AvgIpc) is 2.43. The molecule has 0 unspecified atom stereocenters. The quantitative estimate of drug-likeness (QED) is 0.559. The molecule has 5 nitrogen and oxygen atoms in total. The molecule has 0 heterocycles. The van der Waals surface area contributed by atoms with Gasteiger partial charge in [0.15, 0.2) is 0 Å². The molecule has 7 heteroatoms. The molecule has 0 aliphatic rings. The number of nitrogen functional groups attached to an aromatic ring is 1. The number of rotatable bonds is 8. The first-order valence-electron chi connectivity index (χ1n) is 6.15. The van der Waals surface area contributed by atoms with Crippen LogP contribution in [-0.2, 0) is 9.47 Å². The summed E-state index contributed by atoms with van der Waals surface area (Å²) < 4.78 is 36.4. The third-order valence-electron chi connectivity index (χ3n) is 2.52. The van der Waals surface area contributed by atoms with Crippen LogP contribution in [-0.4, -0.2) is 39.4 Å². The van der Waals surface area contributed by atoms with Gasteiger partial charge in [-0.25, -0.2) is 8.78 Å². The van der Waals surface area contributed by atoms with Crippen LogP contribution in [0, 0.1) is 11.6 Å². The Morgan fingerprint density at radius 3 is 2.50 bits per heavy atom. The first kappa shape index (κ1) is 16.3. The molecule has 0 fully saturated rings. The maximum Gasteiger partial charge on any atom is 0.251 e. The van der Waals surface area contributed by atoms with E-state index in [9.17, 15) is 13.6 Å². The van der Waals surface area contributed by atoms with Gasteiger partial charge in [0, 0.05) is 25.8 Å². The van der Waals surface area contributed by atoms with Gasteiger partial charge in [0.2, 0.25) is 0 Å². The summed E-state index contributed by atoms with van der Waals surface area (Å²) in [5.74, 6) is -2.45. The molecule has 3 N–H and O–H groups in total. The second kappa shape index (κ2) is 8.44. The summed E-state index contributed by atoms with van der Waals surface area (Å²) in [7, 11) is 1.58. The summed E-state index contributed by atoms with van der Waals surface area (Å²) in [5.41, 5.74) is 4.43. The molecule has 0 saturated carbocycles. The van der Waals surface area contributed by atoms with Crippen molar-refractivity contribution in [2.24, 2.45) is 0 Å². The van der Waals surface area contributed by atoms with Crippen LogP contribution in [0.2, 0.25) is 0 Å². The summed E-state index contributed by atoms with van der Waals surface area (Å²) in [6.45, 7) is 1.81. The highest BCUT2D eigenvalue weighted by Crippen LogP contribution is 2.17. The number of carbonyl (C=O) groups is 1. The smallest absolute Gasteiger partial charge is 0.251 e. The van der Waals surface area contributed by atoms with Crippen molar-refractivity contribution >= 4 is 11.6 Å². The number of halogens is 2. The summed E-state index contributed by atoms with van der Waals surface area (Å²) >= 11 is 0. The van der Waals surface area contributed by atoms with Crippen LogP contribution >= 0.6 is 0 Å². The highest BCUT2D eigenvalue weighted by Gasteiger charge is 2.12. The van der Waals surface area contributed by atoms with Crippen LogP contribution in [0.15, 0.2) is 12.1 Å². The molecular formula is C13H18F2N2O3. The van der Waals surface area contributed by atoms with Crippen molar-refractivity contribution in [1.82, 2.24) is 5.32 Å². The van der Waals surface area contributed by atoms with E-state index in [0.717, 1.165) is 12.1 Å². The van der Waals surface area contributed by atoms with Crippen LogP contribution in [0.25, 0.3) is 0 Å². The van der Waals surface area contributed by atoms with Gasteiger partial charge in [-0.15, -0.1) is 0 Å². The Hall–Kier alpha value is -1.73. The van der Waals surface area contributed by atoms with Gasteiger partial charge in [-0.2, -0.15) is 0 Å². The summed E-state index contributed by atoms with van der Waals surface area (Å²) in [6.07, 6.45) is 0.593. The van der Waals surface area contributed by atoms with Crippen molar-refractivity contribution in [3.8, 4) is 0 Å². The summed E-state index contributed by atoms with van der Waals surface area (Å²) in [5, 5.41) is 2.54. The number of nitrogens with two attached hydrogens (primary N) is 1. The molecule has 0 atom stereocenters. The fourth-order valence-electron chi connectivity index (χ4n) is 1.44. The molecule has 1 amide bonds. The van der Waals surface area contributed by atoms with E-state index in [4.69, 9.17) is 15.2 Å². The van der Waals surface area contributed by atoms with Crippen LogP contribution in [0.1, 0.15) is 16.8 Å². The van der Waals surface area contributed by atoms with E-state index in [2.05, 4.69) is 5.32 Å². The minimum absolute atomic E-state index is 0.102. The third-order valence-corrected chi connectivity index (χ3v) is 2.52. The van der Waals surface area contributed by atoms with E-state index in [1.165, 1.54) is 0 Å². The summed E-state index contributed by atoms with van der Waals surface area (Å²) in [4.78, 5) is 11.6. The van der Waals surface area contributed by atoms with Crippen molar-refractivity contribution in [3.63, 3.8) is 0 Å². The zero-order valence-electron chi connectivity index (χ0n) is 11.2. The van der Waals surface area contributed by atoms with Gasteiger partial charge in [-0.05, 0) is 18.6 Å². The second-order valence-electron chi connectivity index (χ2n) is 4.07. The standard InChI is InChI=1S/C13H18F2N2O3/c1-19-5-6-20-4-2-3-17-13(18)9-7-10(14)12(16)11(15)8-9/h7-8H,2-6,16H2,1H3,(H,17,18). The Morgan fingerprint density at radius 2 is 1.90 bits per heavy atom. The first-order chi connectivity index (χ1) is 9.56. The van der Waals surface area contributed by atoms with Gasteiger partial charge in [0.25, 0.3) is 5.91 Å². The molecule has 0 bridgehead atoms. The number of benzene rings is 1. The van der Waals surface area contributed by atoms with Crippen LogP contribution in [0.5, 0.6) is 0 Å². The van der Waals surface area contributed by atoms with Crippen LogP contribution < -0.4 is 11.1 Å². The minimum Gasteiger partial charge on any atom is -0.394 e. The van der Waals surface area contributed by atoms with Crippen molar-refractivity contribution in [2.45, 2.75) is 6.42 Å². The molecule has 1 rings (SSSR count). The Labute approximate surface area is 116 Å². The third kappa shape index (κ3) is 5.10. The normalized spacial score (nSPS) is 10.6. The molecule has 0 spiro atoms. The number of hydrogen-bond acceptors (Lipinski definition) is 4. The molecule has 0 saturated heterocycles. The molecular weight excluding hydrogens is 270 g/mol. The molecule has 0 aliphatic carbocycles. The molecule has 112 valence electrons. The number of ether oxygens (including phenoxy) is 2. The topological polar surface area (TPSA) is 73.6 Å². The van der Waals surface area contributed by atoms with Crippen molar-refractivity contribution in [3.05, 3.63) is 29.3 Å². The van der Waals surface area contributed by atoms with Crippen LogP contribution in [0.4, 0.5) is 14.5 Å². The zero-order chi connectivity index (χ0) is 15.0. The van der Waals surface area contributed by atoms with E-state index in [1.54, 1.807) is 7.11 Å². The van der Waals surface area contributed by atoms with Crippen molar-refractivity contribution in [2.75, 3.05) is 39.2 Å². The predicted molar refractivity (Wildman–Crippen MR) is 70.4 cm³/mol. The zero-order valence-corrected chi connectivity index (χ0v) is 11.2. The SMILES string of the molecule is COCCOCCCNC(=O)c1cc(F)c(N)c(F)c1. The van der Waals surface area contributed by atoms with Crippen molar-refractivity contribution in [1.29, 1.82) is 0 Å². The van der Waals surface area contributed by atoms with E-state index in [-0.39, 0.29) is 5.56 Å². The number of anilines is 1. The van der Waals surface area contributed by atoms with Gasteiger partial charge in [-0.1, -0.05) is 0 Å². The van der Waals surface area contributed by atoms with Crippen LogP contribution in [0.3, 0.4) is 0 Å². The largest absolute Gasteiger partial charge is 0.394 e. The lowest BCUT2D eigenvalue weighted by molar-refractivity contribution is 0.0688. The van der Waals surface area contributed by atoms with Gasteiger partial charge in [-0.3, -0.25) is 4.79 Å². The Morgan fingerprint density at radius 1 is 1.25 bits per heavy atom. The molecule has 20 heavy (non-hydrogen) atoms. The van der Waals surface area contributed by atoms with E-state index in [0.29, 0.717) is 32.8 Å². The minimum atomic E-state index is -0.946. The lowest BCUT2D eigenvalue weighted by atomic mass is 10.1. The summed E-state index contributed by atoms with van der Waals surface area (Å²) in [6, 6.07) is 1.81. The number of amides is 1. The van der Waals surface area contributed by atoms with E-state index in [1.807, 2.05) is 0 Å². The van der Waals surface area contributed by atoms with E-state index < -0.39 is 23.2 Å². The number of methoxy groups -OCH3 is 1. The molecule has 0 aromatic heterocycles. The molecule has 1 aromatic carbocycles. The lowest BCUT2D eigenvalue weighted by Gasteiger charge is -2.07. The van der Waals surface area contributed by atoms with Gasteiger partial charge < -0.3 is 20.5 Å². The van der Waals surface area contributed by atoms with E-state index >= 15 is 0 Å². The lowest BCUT2D eigenvalue weighted by Crippen LogP contribution is -2.25. The fourth-order valence-corrected chi connectivity index (χ4v) is 1.44. The van der Waals surface area contributed by atoms with Crippen molar-refractivity contribution < 1.29 is 23.0 Å². The highest BCUT2D eigenvalue weighted by molar-refractivity contribution is 5.94. The molecule has 1 aromatic rings. The predicted octanol–water partition coefficient (Wildman–Crippen LogP) is 1.33. The molecule has 0 radical (unpaired) electrons. The van der Waals surface area contributed by atoms with Gasteiger partial charge >= 0.3 is 0 Å². The molecule has 0 aliphatic heterocycles. The Kier molecular flexibility index (Phi) is 6.89. The maximum atomic E-state index is 13.2.